The van der Waals surface area contributed by atoms with Gasteiger partial charge in [-0.15, -0.1) is 0 Å². The van der Waals surface area contributed by atoms with Gasteiger partial charge < -0.3 is 4.74 Å². The molecule has 0 atom stereocenters. The Bertz CT molecular complexity index is 574. The monoisotopic (exact) mass is 564 g/mol. The molecule has 0 aromatic heterocycles. The highest BCUT2D eigenvalue weighted by Gasteiger charge is 2.12. The van der Waals surface area contributed by atoms with Crippen LogP contribution in [-0.4, -0.2) is 6.61 Å². The van der Waals surface area contributed by atoms with Crippen LogP contribution in [0.15, 0.2) is 16.6 Å². The van der Waals surface area contributed by atoms with Crippen LogP contribution in [0.4, 0.5) is 0 Å². The fourth-order valence-electron chi connectivity index (χ4n) is 5.22. The molecule has 210 valence electrons. The maximum atomic E-state index is 6.57. The second-order valence-electron chi connectivity index (χ2n) is 11.1. The van der Waals surface area contributed by atoms with E-state index in [9.17, 15) is 0 Å². The molecular weight excluding hydrogens is 504 g/mol. The zero-order chi connectivity index (χ0) is 26.1. The molecule has 0 saturated carbocycles. The van der Waals surface area contributed by atoms with Crippen molar-refractivity contribution in [3.63, 3.8) is 0 Å². The molecule has 0 saturated heterocycles. The third-order valence-electron chi connectivity index (χ3n) is 7.55. The summed E-state index contributed by atoms with van der Waals surface area (Å²) in [5.74, 6) is 1.23. The second kappa shape index (κ2) is 24.8. The van der Waals surface area contributed by atoms with Crippen LogP contribution in [0.1, 0.15) is 173 Å². The Kier molecular flexibility index (Phi) is 23.1. The third kappa shape index (κ3) is 17.9. The number of unbranched alkanes of at least 4 members (excludes halogenated alkanes) is 19. The first-order valence-corrected chi connectivity index (χ1v) is 17.0. The summed E-state index contributed by atoms with van der Waals surface area (Å²) in [6, 6.07) is 4.68. The number of hydrogen-bond acceptors (Lipinski definition) is 1. The van der Waals surface area contributed by atoms with E-state index >= 15 is 0 Å². The maximum absolute atomic E-state index is 6.57. The largest absolute Gasteiger partial charge is 0.493 e. The highest BCUT2D eigenvalue weighted by molar-refractivity contribution is 9.10. The van der Waals surface area contributed by atoms with E-state index < -0.39 is 0 Å². The Morgan fingerprint density at radius 1 is 0.472 bits per heavy atom. The zero-order valence-electron chi connectivity index (χ0n) is 24.6. The first-order valence-electron chi connectivity index (χ1n) is 16.2. The lowest BCUT2D eigenvalue weighted by molar-refractivity contribution is 0.297. The lowest BCUT2D eigenvalue weighted by Crippen LogP contribution is -2.05. The molecule has 1 aromatic rings. The van der Waals surface area contributed by atoms with Gasteiger partial charge in [0.2, 0.25) is 0 Å². The minimum absolute atomic E-state index is 0.880. The zero-order valence-corrected chi connectivity index (χ0v) is 26.2. The van der Waals surface area contributed by atoms with Gasteiger partial charge in [-0.2, -0.15) is 0 Å². The second-order valence-corrected chi connectivity index (χ2v) is 12.0. The van der Waals surface area contributed by atoms with Gasteiger partial charge in [0, 0.05) is 4.47 Å². The number of aryl methyl sites for hydroxylation is 2. The van der Waals surface area contributed by atoms with Gasteiger partial charge in [0.05, 0.1) is 6.61 Å². The van der Waals surface area contributed by atoms with E-state index in [4.69, 9.17) is 4.74 Å². The van der Waals surface area contributed by atoms with Crippen molar-refractivity contribution in [2.24, 2.45) is 0 Å². The SMILES string of the molecule is CCCCCCCCCCCCOc1c(CCCCCCCC)cc(Br)cc1CCCCCCCC. The molecule has 0 amide bonds. The van der Waals surface area contributed by atoms with Crippen LogP contribution in [0, 0.1) is 0 Å². The summed E-state index contributed by atoms with van der Waals surface area (Å²) >= 11 is 3.81. The summed E-state index contributed by atoms with van der Waals surface area (Å²) in [5.41, 5.74) is 2.88. The summed E-state index contributed by atoms with van der Waals surface area (Å²) in [4.78, 5) is 0. The first-order chi connectivity index (χ1) is 17.7. The standard InChI is InChI=1S/C34H61BrO/c1-4-7-10-13-16-17-18-19-22-25-28-36-34-31(26-23-20-14-11-8-5-2)29-33(35)30-32(34)27-24-21-15-12-9-6-3/h29-30H,4-28H2,1-3H3. The molecule has 0 radical (unpaired) electrons. The van der Waals surface area contributed by atoms with Gasteiger partial charge in [0.1, 0.15) is 5.75 Å². The smallest absolute Gasteiger partial charge is 0.125 e. The van der Waals surface area contributed by atoms with Crippen molar-refractivity contribution in [3.05, 3.63) is 27.7 Å². The summed E-state index contributed by atoms with van der Waals surface area (Å²) in [6.07, 6.45) is 32.2. The fourth-order valence-corrected chi connectivity index (χ4v) is 5.78. The van der Waals surface area contributed by atoms with Crippen LogP contribution >= 0.6 is 15.9 Å². The first kappa shape index (κ1) is 33.5. The predicted molar refractivity (Wildman–Crippen MR) is 166 cm³/mol. The molecular formula is C34H61BrO. The molecule has 1 nitrogen and oxygen atoms in total. The molecule has 0 aliphatic rings. The van der Waals surface area contributed by atoms with Crippen LogP contribution in [0.2, 0.25) is 0 Å². The molecule has 0 unspecified atom stereocenters. The van der Waals surface area contributed by atoms with Crippen molar-refractivity contribution >= 4 is 15.9 Å². The van der Waals surface area contributed by atoms with Gasteiger partial charge in [-0.3, -0.25) is 0 Å². The topological polar surface area (TPSA) is 9.23 Å². The van der Waals surface area contributed by atoms with Gasteiger partial charge >= 0.3 is 0 Å². The van der Waals surface area contributed by atoms with E-state index in [1.807, 2.05) is 0 Å². The highest BCUT2D eigenvalue weighted by atomic mass is 79.9. The number of hydrogen-bond donors (Lipinski definition) is 0. The molecule has 1 rings (SSSR count). The number of rotatable bonds is 26. The molecule has 0 aliphatic heterocycles. The van der Waals surface area contributed by atoms with Gasteiger partial charge in [0.15, 0.2) is 0 Å². The van der Waals surface area contributed by atoms with E-state index in [2.05, 4.69) is 48.8 Å². The van der Waals surface area contributed by atoms with Crippen molar-refractivity contribution in [2.45, 2.75) is 175 Å². The van der Waals surface area contributed by atoms with Crippen molar-refractivity contribution in [1.29, 1.82) is 0 Å². The molecule has 2 heteroatoms. The molecule has 0 spiro atoms. The number of ether oxygens (including phenoxy) is 1. The normalized spacial score (nSPS) is 11.3. The van der Waals surface area contributed by atoms with Crippen LogP contribution in [0.25, 0.3) is 0 Å². The Morgan fingerprint density at radius 3 is 1.19 bits per heavy atom. The Morgan fingerprint density at radius 2 is 0.806 bits per heavy atom. The van der Waals surface area contributed by atoms with Gasteiger partial charge in [-0.05, 0) is 55.4 Å². The van der Waals surface area contributed by atoms with Gasteiger partial charge in [0.25, 0.3) is 0 Å². The molecule has 1 aromatic carbocycles. The van der Waals surface area contributed by atoms with Gasteiger partial charge in [-0.25, -0.2) is 0 Å². The Balaban J connectivity index is 2.52. The average molecular weight is 566 g/mol. The Labute approximate surface area is 235 Å². The third-order valence-corrected chi connectivity index (χ3v) is 8.01. The van der Waals surface area contributed by atoms with E-state index in [-0.39, 0.29) is 0 Å². The summed E-state index contributed by atoms with van der Waals surface area (Å²) in [6.45, 7) is 7.77. The molecule has 36 heavy (non-hydrogen) atoms. The summed E-state index contributed by atoms with van der Waals surface area (Å²) in [7, 11) is 0. The van der Waals surface area contributed by atoms with E-state index in [1.54, 1.807) is 0 Å². The van der Waals surface area contributed by atoms with Crippen molar-refractivity contribution < 1.29 is 4.74 Å². The molecule has 0 aliphatic carbocycles. The van der Waals surface area contributed by atoms with E-state index in [1.165, 1.54) is 163 Å². The highest BCUT2D eigenvalue weighted by Crippen LogP contribution is 2.32. The van der Waals surface area contributed by atoms with Crippen LogP contribution in [0.3, 0.4) is 0 Å². The summed E-state index contributed by atoms with van der Waals surface area (Å²) in [5, 5.41) is 0. The quantitative estimate of drug-likeness (QED) is 0.102. The van der Waals surface area contributed by atoms with Crippen molar-refractivity contribution in [2.75, 3.05) is 6.61 Å². The van der Waals surface area contributed by atoms with Gasteiger partial charge in [-0.1, -0.05) is 159 Å². The minimum atomic E-state index is 0.880. The Hall–Kier alpha value is -0.500. The molecule has 0 N–H and O–H groups in total. The molecule has 0 fully saturated rings. The lowest BCUT2D eigenvalue weighted by Gasteiger charge is -2.17. The number of halogens is 1. The predicted octanol–water partition coefficient (Wildman–Crippen LogP) is 12.6. The minimum Gasteiger partial charge on any atom is -0.493 e. The molecule has 0 heterocycles. The number of benzene rings is 1. The van der Waals surface area contributed by atoms with Crippen molar-refractivity contribution in [3.8, 4) is 5.75 Å². The average Bonchev–Trinajstić information content (AvgIpc) is 2.87. The maximum Gasteiger partial charge on any atom is 0.125 e. The van der Waals surface area contributed by atoms with Crippen LogP contribution in [0.5, 0.6) is 5.75 Å². The summed E-state index contributed by atoms with van der Waals surface area (Å²) < 4.78 is 7.80. The molecule has 0 bridgehead atoms. The van der Waals surface area contributed by atoms with E-state index in [0.29, 0.717) is 0 Å². The fraction of sp³-hybridized carbons (Fsp3) is 0.824. The van der Waals surface area contributed by atoms with Crippen molar-refractivity contribution in [1.82, 2.24) is 0 Å². The van der Waals surface area contributed by atoms with Crippen LogP contribution in [-0.2, 0) is 12.8 Å². The lowest BCUT2D eigenvalue weighted by atomic mass is 9.98. The van der Waals surface area contributed by atoms with E-state index in [0.717, 1.165) is 19.4 Å². The van der Waals surface area contributed by atoms with Crippen LogP contribution < -0.4 is 4.74 Å².